The fourth-order valence-corrected chi connectivity index (χ4v) is 1.72. The molecule has 2 N–H and O–H groups in total. The van der Waals surface area contributed by atoms with Crippen LogP contribution in [0.15, 0.2) is 6.20 Å². The van der Waals surface area contributed by atoms with E-state index >= 15 is 0 Å². The van der Waals surface area contributed by atoms with Crippen molar-refractivity contribution in [3.05, 3.63) is 11.8 Å². The van der Waals surface area contributed by atoms with Gasteiger partial charge in [-0.3, -0.25) is 10.00 Å². The first kappa shape index (κ1) is 16.0. The number of carbonyl (C=O) groups is 1. The molecule has 1 rings (SSSR count). The molecule has 0 atom stereocenters. The number of nitriles is 1. The fraction of sp³-hybridized carbons (Fsp3) is 0.615. The molecule has 0 aliphatic rings. The van der Waals surface area contributed by atoms with Gasteiger partial charge >= 0.3 is 6.03 Å². The van der Waals surface area contributed by atoms with Crippen LogP contribution in [0.5, 0.6) is 0 Å². The summed E-state index contributed by atoms with van der Waals surface area (Å²) in [5, 5.41) is 24.8. The predicted octanol–water partition coefficient (Wildman–Crippen LogP) is 1.57. The third-order valence-electron chi connectivity index (χ3n) is 2.76. The molecule has 1 aromatic heterocycles. The lowest BCUT2D eigenvalue weighted by Gasteiger charge is -2.20. The zero-order valence-electron chi connectivity index (χ0n) is 12.1. The molecule has 20 heavy (non-hydrogen) atoms. The number of carbonyl (C=O) groups excluding carboxylic acids is 1. The molecule has 0 radical (unpaired) electrons. The number of nitrogens with zero attached hydrogens (tertiary/aromatic N) is 4. The first-order valence-corrected chi connectivity index (χ1v) is 6.69. The summed E-state index contributed by atoms with van der Waals surface area (Å²) in [7, 11) is 0. The first-order chi connectivity index (χ1) is 9.53. The summed E-state index contributed by atoms with van der Waals surface area (Å²) in [5.74, 6) is 0.255. The smallest absolute Gasteiger partial charge is 0.323 e. The Labute approximate surface area is 118 Å². The standard InChI is InChI=1S/C13H21N5O2/c1-4-5-17(6-7-19)13(20)15-12-11(8-14)9-18(16-12)10(2)3/h9-10,19H,4-7H2,1-3H3,(H,15,16,20). The Morgan fingerprint density at radius 1 is 1.60 bits per heavy atom. The lowest BCUT2D eigenvalue weighted by atomic mass is 10.3. The molecule has 1 aromatic rings. The molecule has 2 amide bonds. The Morgan fingerprint density at radius 2 is 2.30 bits per heavy atom. The van der Waals surface area contributed by atoms with Gasteiger partial charge in [0.15, 0.2) is 5.82 Å². The lowest BCUT2D eigenvalue weighted by molar-refractivity contribution is 0.188. The molecule has 0 spiro atoms. The van der Waals surface area contributed by atoms with E-state index in [4.69, 9.17) is 10.4 Å². The second kappa shape index (κ2) is 7.50. The second-order valence-corrected chi connectivity index (χ2v) is 4.72. The Kier molecular flexibility index (Phi) is 6.00. The van der Waals surface area contributed by atoms with E-state index in [-0.39, 0.29) is 31.0 Å². The van der Waals surface area contributed by atoms with Crippen LogP contribution >= 0.6 is 0 Å². The van der Waals surface area contributed by atoms with Gasteiger partial charge in [0, 0.05) is 25.3 Å². The molecule has 7 heteroatoms. The van der Waals surface area contributed by atoms with Crippen molar-refractivity contribution in [3.8, 4) is 6.07 Å². The monoisotopic (exact) mass is 279 g/mol. The van der Waals surface area contributed by atoms with E-state index in [0.29, 0.717) is 12.1 Å². The molecule has 0 aliphatic heterocycles. The highest BCUT2D eigenvalue weighted by atomic mass is 16.3. The zero-order chi connectivity index (χ0) is 15.1. The molecular formula is C13H21N5O2. The van der Waals surface area contributed by atoms with Crippen LogP contribution in [0, 0.1) is 11.3 Å². The molecule has 1 heterocycles. The number of hydrogen-bond donors (Lipinski definition) is 2. The summed E-state index contributed by atoms with van der Waals surface area (Å²) in [6, 6.07) is 1.77. The number of amides is 2. The first-order valence-electron chi connectivity index (χ1n) is 6.69. The maximum atomic E-state index is 12.1. The highest BCUT2D eigenvalue weighted by Crippen LogP contribution is 2.15. The van der Waals surface area contributed by atoms with Gasteiger partial charge in [-0.15, -0.1) is 0 Å². The van der Waals surface area contributed by atoms with Gasteiger partial charge in [-0.05, 0) is 20.3 Å². The van der Waals surface area contributed by atoms with Crippen molar-refractivity contribution in [3.63, 3.8) is 0 Å². The van der Waals surface area contributed by atoms with E-state index < -0.39 is 0 Å². The van der Waals surface area contributed by atoms with E-state index in [1.165, 1.54) is 4.90 Å². The minimum absolute atomic E-state index is 0.0983. The van der Waals surface area contributed by atoms with Crippen molar-refractivity contribution >= 4 is 11.8 Å². The highest BCUT2D eigenvalue weighted by molar-refractivity contribution is 5.89. The molecule has 0 saturated heterocycles. The van der Waals surface area contributed by atoms with Crippen molar-refractivity contribution in [2.75, 3.05) is 25.0 Å². The minimum Gasteiger partial charge on any atom is -0.395 e. The predicted molar refractivity (Wildman–Crippen MR) is 75.3 cm³/mol. The van der Waals surface area contributed by atoms with Gasteiger partial charge in [0.1, 0.15) is 11.6 Å². The minimum atomic E-state index is -0.355. The highest BCUT2D eigenvalue weighted by Gasteiger charge is 2.17. The van der Waals surface area contributed by atoms with Crippen LogP contribution < -0.4 is 5.32 Å². The van der Waals surface area contributed by atoms with Crippen molar-refractivity contribution < 1.29 is 9.90 Å². The molecule has 0 unspecified atom stereocenters. The number of nitrogens with one attached hydrogen (secondary N) is 1. The van der Waals surface area contributed by atoms with E-state index in [2.05, 4.69) is 10.4 Å². The van der Waals surface area contributed by atoms with Crippen LogP contribution in [-0.4, -0.2) is 45.5 Å². The third-order valence-corrected chi connectivity index (χ3v) is 2.76. The van der Waals surface area contributed by atoms with E-state index in [0.717, 1.165) is 6.42 Å². The number of aromatic nitrogens is 2. The third kappa shape index (κ3) is 3.96. The van der Waals surface area contributed by atoms with Gasteiger partial charge in [-0.25, -0.2) is 4.79 Å². The number of aliphatic hydroxyl groups is 1. The SMILES string of the molecule is CCCN(CCO)C(=O)Nc1nn(C(C)C)cc1C#N. The lowest BCUT2D eigenvalue weighted by Crippen LogP contribution is -2.37. The Balaban J connectivity index is 2.86. The number of hydrogen-bond acceptors (Lipinski definition) is 4. The van der Waals surface area contributed by atoms with Gasteiger partial charge in [-0.1, -0.05) is 6.92 Å². The van der Waals surface area contributed by atoms with Crippen LogP contribution in [0.25, 0.3) is 0 Å². The molecule has 0 saturated carbocycles. The number of aliphatic hydroxyl groups excluding tert-OH is 1. The normalized spacial score (nSPS) is 10.4. The van der Waals surface area contributed by atoms with Crippen LogP contribution in [0.1, 0.15) is 38.8 Å². The summed E-state index contributed by atoms with van der Waals surface area (Å²) >= 11 is 0. The largest absolute Gasteiger partial charge is 0.395 e. The van der Waals surface area contributed by atoms with E-state index in [9.17, 15) is 4.79 Å². The average molecular weight is 279 g/mol. The molecule has 7 nitrogen and oxygen atoms in total. The number of rotatable bonds is 6. The second-order valence-electron chi connectivity index (χ2n) is 4.72. The van der Waals surface area contributed by atoms with Crippen molar-refractivity contribution in [2.45, 2.75) is 33.2 Å². The maximum Gasteiger partial charge on any atom is 0.323 e. The molecule has 0 bridgehead atoms. The van der Waals surface area contributed by atoms with Crippen molar-refractivity contribution in [2.24, 2.45) is 0 Å². The Morgan fingerprint density at radius 3 is 2.80 bits per heavy atom. The molecule has 0 aliphatic carbocycles. The summed E-state index contributed by atoms with van der Waals surface area (Å²) in [6.45, 7) is 6.53. The van der Waals surface area contributed by atoms with Gasteiger partial charge in [0.2, 0.25) is 0 Å². The molecular weight excluding hydrogens is 258 g/mol. The molecule has 0 aromatic carbocycles. The van der Waals surface area contributed by atoms with Gasteiger partial charge in [-0.2, -0.15) is 10.4 Å². The average Bonchev–Trinajstić information content (AvgIpc) is 2.81. The van der Waals surface area contributed by atoms with Crippen LogP contribution in [-0.2, 0) is 0 Å². The van der Waals surface area contributed by atoms with Crippen molar-refractivity contribution in [1.82, 2.24) is 14.7 Å². The number of urea groups is 1. The number of anilines is 1. The Hall–Kier alpha value is -2.07. The zero-order valence-corrected chi connectivity index (χ0v) is 12.1. The van der Waals surface area contributed by atoms with Crippen molar-refractivity contribution in [1.29, 1.82) is 5.26 Å². The van der Waals surface area contributed by atoms with Gasteiger partial charge < -0.3 is 10.0 Å². The fourth-order valence-electron chi connectivity index (χ4n) is 1.72. The molecule has 110 valence electrons. The van der Waals surface area contributed by atoms with Crippen LogP contribution in [0.2, 0.25) is 0 Å². The van der Waals surface area contributed by atoms with E-state index in [1.807, 2.05) is 26.8 Å². The topological polar surface area (TPSA) is 94.2 Å². The summed E-state index contributed by atoms with van der Waals surface area (Å²) < 4.78 is 1.63. The summed E-state index contributed by atoms with van der Waals surface area (Å²) in [4.78, 5) is 13.6. The van der Waals surface area contributed by atoms with Crippen LogP contribution in [0.4, 0.5) is 10.6 Å². The van der Waals surface area contributed by atoms with Gasteiger partial charge in [0.25, 0.3) is 0 Å². The summed E-state index contributed by atoms with van der Waals surface area (Å²) in [5.41, 5.74) is 0.326. The van der Waals surface area contributed by atoms with E-state index in [1.54, 1.807) is 10.9 Å². The quantitative estimate of drug-likeness (QED) is 0.826. The summed E-state index contributed by atoms with van der Waals surface area (Å²) in [6.07, 6.45) is 2.40. The maximum absolute atomic E-state index is 12.1. The Bertz CT molecular complexity index is 483. The van der Waals surface area contributed by atoms with Gasteiger partial charge in [0.05, 0.1) is 6.61 Å². The molecule has 0 fully saturated rings. The van der Waals surface area contributed by atoms with Crippen LogP contribution in [0.3, 0.4) is 0 Å².